The fourth-order valence-electron chi connectivity index (χ4n) is 6.60. The summed E-state index contributed by atoms with van der Waals surface area (Å²) in [7, 11) is 0. The Bertz CT molecular complexity index is 1830. The van der Waals surface area contributed by atoms with Crippen LogP contribution >= 0.6 is 0 Å². The van der Waals surface area contributed by atoms with Gasteiger partial charge in [-0.15, -0.1) is 0 Å². The van der Waals surface area contributed by atoms with Crippen molar-refractivity contribution in [2.24, 2.45) is 0 Å². The van der Waals surface area contributed by atoms with Gasteiger partial charge in [0, 0.05) is 12.0 Å². The van der Waals surface area contributed by atoms with Crippen LogP contribution < -0.4 is 0 Å². The molecule has 0 amide bonds. The van der Waals surface area contributed by atoms with Gasteiger partial charge in [0.1, 0.15) is 11.5 Å². The maximum Gasteiger partial charge on any atom is 0.186 e. The predicted octanol–water partition coefficient (Wildman–Crippen LogP) is 7.31. The second-order valence-corrected chi connectivity index (χ2v) is 10.7. The van der Waals surface area contributed by atoms with Crippen molar-refractivity contribution in [3.05, 3.63) is 156 Å². The van der Waals surface area contributed by atoms with Gasteiger partial charge in [0.2, 0.25) is 0 Å². The van der Waals surface area contributed by atoms with Crippen LogP contribution in [0.4, 0.5) is 0 Å². The molecule has 2 aliphatic rings. The van der Waals surface area contributed by atoms with E-state index in [4.69, 9.17) is 0 Å². The minimum atomic E-state index is -1.95. The summed E-state index contributed by atoms with van der Waals surface area (Å²) in [5, 5.41) is 43.0. The van der Waals surface area contributed by atoms with Crippen LogP contribution in [0.2, 0.25) is 0 Å². The molecule has 7 rings (SSSR count). The second-order valence-electron chi connectivity index (χ2n) is 10.7. The summed E-state index contributed by atoms with van der Waals surface area (Å²) in [6, 6.07) is 37.3. The molecule has 200 valence electrons. The number of phenolic OH excluding ortho intramolecular Hbond substituents is 2. The van der Waals surface area contributed by atoms with E-state index in [0.29, 0.717) is 0 Å². The molecule has 0 bridgehead atoms. The third kappa shape index (κ3) is 3.84. The molecular formula is C37H28O4. The Hall–Kier alpha value is -4.90. The highest BCUT2D eigenvalue weighted by Gasteiger charge is 2.50. The average Bonchev–Trinajstić information content (AvgIpc) is 3.31. The molecule has 4 heteroatoms. The van der Waals surface area contributed by atoms with Crippen molar-refractivity contribution in [1.29, 1.82) is 0 Å². The molecular weight excluding hydrogens is 508 g/mol. The summed E-state index contributed by atoms with van der Waals surface area (Å²) in [5.74, 6) is -1.63. The highest BCUT2D eigenvalue weighted by atomic mass is 16.5. The van der Waals surface area contributed by atoms with Crippen molar-refractivity contribution in [2.75, 3.05) is 0 Å². The number of allylic oxidation sites excluding steroid dienone is 2. The van der Waals surface area contributed by atoms with Gasteiger partial charge >= 0.3 is 0 Å². The number of rotatable bonds is 4. The average molecular weight is 537 g/mol. The standard InChI is InChI=1S/C37H28O4/c38-28-17-15-26(16-18-28)37(27-19-21-36(40,41)22-20-27)31-14-8-7-13-29(31)34-32(39)23-30(24-9-3-1-4-10-24)33(35(34)37)25-11-5-2-6-12-25/h1-21,23,38-41H,22H2. The molecule has 0 radical (unpaired) electrons. The third-order valence-electron chi connectivity index (χ3n) is 8.31. The monoisotopic (exact) mass is 536 g/mol. The van der Waals surface area contributed by atoms with Gasteiger partial charge in [-0.2, -0.15) is 0 Å². The zero-order chi connectivity index (χ0) is 28.2. The minimum absolute atomic E-state index is 0.0151. The van der Waals surface area contributed by atoms with Crippen LogP contribution in [0.5, 0.6) is 11.5 Å². The molecule has 2 aliphatic carbocycles. The van der Waals surface area contributed by atoms with Crippen molar-refractivity contribution in [3.63, 3.8) is 0 Å². The minimum Gasteiger partial charge on any atom is -0.508 e. The Balaban J connectivity index is 1.70. The van der Waals surface area contributed by atoms with Crippen LogP contribution in [-0.2, 0) is 5.41 Å². The molecule has 0 heterocycles. The van der Waals surface area contributed by atoms with Crippen LogP contribution in [0.25, 0.3) is 33.4 Å². The predicted molar refractivity (Wildman–Crippen MR) is 161 cm³/mol. The quantitative estimate of drug-likeness (QED) is 0.182. The van der Waals surface area contributed by atoms with E-state index in [-0.39, 0.29) is 17.9 Å². The van der Waals surface area contributed by atoms with Crippen LogP contribution in [0.15, 0.2) is 139 Å². The van der Waals surface area contributed by atoms with E-state index in [2.05, 4.69) is 18.2 Å². The van der Waals surface area contributed by atoms with Crippen LogP contribution in [-0.4, -0.2) is 26.2 Å². The van der Waals surface area contributed by atoms with Gasteiger partial charge in [-0.3, -0.25) is 0 Å². The van der Waals surface area contributed by atoms with E-state index in [1.165, 1.54) is 6.08 Å². The van der Waals surface area contributed by atoms with Crippen LogP contribution in [0.1, 0.15) is 23.1 Å². The van der Waals surface area contributed by atoms with E-state index < -0.39 is 11.2 Å². The molecule has 1 unspecified atom stereocenters. The smallest absolute Gasteiger partial charge is 0.186 e. The highest BCUT2D eigenvalue weighted by Crippen LogP contribution is 2.63. The molecule has 0 saturated heterocycles. The first-order valence-electron chi connectivity index (χ1n) is 13.7. The summed E-state index contributed by atoms with van der Waals surface area (Å²) in [6.45, 7) is 0. The van der Waals surface area contributed by atoms with Crippen molar-refractivity contribution in [2.45, 2.75) is 17.6 Å². The number of benzene rings is 5. The molecule has 5 aromatic rings. The fourth-order valence-corrected chi connectivity index (χ4v) is 6.60. The summed E-state index contributed by atoms with van der Waals surface area (Å²) < 4.78 is 0. The molecule has 0 fully saturated rings. The molecule has 1 atom stereocenters. The summed E-state index contributed by atoms with van der Waals surface area (Å²) in [5.41, 5.74) is 8.19. The van der Waals surface area contributed by atoms with Gasteiger partial charge in [0.25, 0.3) is 0 Å². The maximum atomic E-state index is 11.8. The van der Waals surface area contributed by atoms with Gasteiger partial charge in [0.05, 0.1) is 5.41 Å². The zero-order valence-corrected chi connectivity index (χ0v) is 22.2. The molecule has 4 N–H and O–H groups in total. The lowest BCUT2D eigenvalue weighted by Gasteiger charge is -2.38. The Morgan fingerprint density at radius 3 is 1.90 bits per heavy atom. The number of aromatic hydroxyl groups is 2. The molecule has 0 saturated carbocycles. The Morgan fingerprint density at radius 1 is 0.610 bits per heavy atom. The summed E-state index contributed by atoms with van der Waals surface area (Å²) in [6.07, 6.45) is 5.10. The first kappa shape index (κ1) is 25.1. The topological polar surface area (TPSA) is 80.9 Å². The Labute approximate surface area is 238 Å². The van der Waals surface area contributed by atoms with Crippen LogP contribution in [0, 0.1) is 0 Å². The summed E-state index contributed by atoms with van der Waals surface area (Å²) >= 11 is 0. The van der Waals surface area contributed by atoms with E-state index in [0.717, 1.165) is 55.6 Å². The Morgan fingerprint density at radius 2 is 1.24 bits per heavy atom. The number of hydrogen-bond donors (Lipinski definition) is 4. The molecule has 4 nitrogen and oxygen atoms in total. The molecule has 0 aliphatic heterocycles. The van der Waals surface area contributed by atoms with Gasteiger partial charge < -0.3 is 20.4 Å². The first-order valence-corrected chi connectivity index (χ1v) is 13.7. The first-order chi connectivity index (χ1) is 19.9. The second kappa shape index (κ2) is 9.34. The van der Waals surface area contributed by atoms with Gasteiger partial charge in [0.15, 0.2) is 5.79 Å². The highest BCUT2D eigenvalue weighted by molar-refractivity contribution is 6.01. The fraction of sp³-hybridized carbons (Fsp3) is 0.0811. The maximum absolute atomic E-state index is 11.8. The van der Waals surface area contributed by atoms with E-state index in [9.17, 15) is 20.4 Å². The zero-order valence-electron chi connectivity index (χ0n) is 22.2. The van der Waals surface area contributed by atoms with E-state index >= 15 is 0 Å². The molecule has 5 aromatic carbocycles. The van der Waals surface area contributed by atoms with Crippen molar-refractivity contribution < 1.29 is 20.4 Å². The van der Waals surface area contributed by atoms with E-state index in [1.54, 1.807) is 18.2 Å². The van der Waals surface area contributed by atoms with Crippen molar-refractivity contribution in [1.82, 2.24) is 0 Å². The summed E-state index contributed by atoms with van der Waals surface area (Å²) in [4.78, 5) is 0. The SMILES string of the molecule is Oc1ccc(C2(C3=CCC(O)(O)C=C3)c3ccccc3-c3c(O)cc(-c4ccccc4)c(-c4ccccc4)c32)cc1. The Kier molecular flexibility index (Phi) is 5.72. The lowest BCUT2D eigenvalue weighted by atomic mass is 9.64. The molecule has 0 aromatic heterocycles. The largest absolute Gasteiger partial charge is 0.508 e. The van der Waals surface area contributed by atoms with Gasteiger partial charge in [-0.25, -0.2) is 0 Å². The lowest BCUT2D eigenvalue weighted by molar-refractivity contribution is -0.115. The van der Waals surface area contributed by atoms with Crippen molar-refractivity contribution in [3.8, 4) is 44.9 Å². The number of fused-ring (bicyclic) bond motifs is 3. The van der Waals surface area contributed by atoms with Crippen LogP contribution in [0.3, 0.4) is 0 Å². The molecule has 41 heavy (non-hydrogen) atoms. The van der Waals surface area contributed by atoms with Crippen molar-refractivity contribution >= 4 is 0 Å². The molecule has 0 spiro atoms. The normalized spacial score (nSPS) is 18.4. The third-order valence-corrected chi connectivity index (χ3v) is 8.31. The number of hydrogen-bond acceptors (Lipinski definition) is 4. The van der Waals surface area contributed by atoms with Gasteiger partial charge in [-0.1, -0.05) is 109 Å². The lowest BCUT2D eigenvalue weighted by Crippen LogP contribution is -2.33. The van der Waals surface area contributed by atoms with E-state index in [1.807, 2.05) is 91.0 Å². The van der Waals surface area contributed by atoms with Gasteiger partial charge in [-0.05, 0) is 74.4 Å². The number of aliphatic hydroxyl groups is 2. The number of phenols is 2.